The summed E-state index contributed by atoms with van der Waals surface area (Å²) in [5, 5.41) is 18.0. The first-order valence-electron chi connectivity index (χ1n) is 4.46. The third kappa shape index (κ3) is 1.11. The summed E-state index contributed by atoms with van der Waals surface area (Å²) in [7, 11) is 0. The number of nitriles is 1. The second-order valence-corrected chi connectivity index (χ2v) is 3.68. The maximum Gasteiger partial charge on any atom is 0.325 e. The molecule has 72 valence electrons. The normalized spacial score (nSPS) is 38.5. The summed E-state index contributed by atoms with van der Waals surface area (Å²) in [6.07, 6.45) is 2.24. The summed E-state index contributed by atoms with van der Waals surface area (Å²) in [6.45, 7) is 1.82. The summed E-state index contributed by atoms with van der Waals surface area (Å²) < 4.78 is 0. The Morgan fingerprint density at radius 1 is 1.69 bits per heavy atom. The first-order chi connectivity index (χ1) is 6.02. The smallest absolute Gasteiger partial charge is 0.325 e. The lowest BCUT2D eigenvalue weighted by molar-refractivity contribution is -0.146. The average Bonchev–Trinajstić information content (AvgIpc) is 2.45. The molecule has 4 nitrogen and oxygen atoms in total. The van der Waals surface area contributed by atoms with Crippen molar-refractivity contribution >= 4 is 5.97 Å². The van der Waals surface area contributed by atoms with Gasteiger partial charge in [-0.05, 0) is 25.7 Å². The zero-order chi connectivity index (χ0) is 10.1. The van der Waals surface area contributed by atoms with Crippen LogP contribution in [0.3, 0.4) is 0 Å². The van der Waals surface area contributed by atoms with E-state index in [9.17, 15) is 4.79 Å². The Labute approximate surface area is 77.3 Å². The average molecular weight is 182 g/mol. The predicted molar refractivity (Wildman–Crippen MR) is 46.7 cm³/mol. The van der Waals surface area contributed by atoms with E-state index in [1.807, 2.05) is 6.92 Å². The van der Waals surface area contributed by atoms with E-state index in [1.165, 1.54) is 0 Å². The molecule has 0 aliphatic heterocycles. The Balaban J connectivity index is 3.11. The van der Waals surface area contributed by atoms with Crippen LogP contribution < -0.4 is 5.73 Å². The monoisotopic (exact) mass is 182 g/mol. The first kappa shape index (κ1) is 10.0. The molecule has 1 saturated carbocycles. The fraction of sp³-hybridized carbons (Fsp3) is 0.778. The molecule has 0 radical (unpaired) electrons. The zero-order valence-electron chi connectivity index (χ0n) is 7.71. The van der Waals surface area contributed by atoms with E-state index in [0.29, 0.717) is 19.3 Å². The van der Waals surface area contributed by atoms with Gasteiger partial charge in [0.1, 0.15) is 5.54 Å². The van der Waals surface area contributed by atoms with Crippen molar-refractivity contribution in [2.24, 2.45) is 11.1 Å². The van der Waals surface area contributed by atoms with Gasteiger partial charge < -0.3 is 10.8 Å². The number of aliphatic carboxylic acids is 1. The van der Waals surface area contributed by atoms with E-state index >= 15 is 0 Å². The van der Waals surface area contributed by atoms with Gasteiger partial charge in [0.25, 0.3) is 0 Å². The van der Waals surface area contributed by atoms with E-state index in [0.717, 1.165) is 6.42 Å². The van der Waals surface area contributed by atoms with E-state index in [1.54, 1.807) is 0 Å². The molecule has 1 fully saturated rings. The maximum absolute atomic E-state index is 11.0. The van der Waals surface area contributed by atoms with Crippen LogP contribution in [0.15, 0.2) is 0 Å². The van der Waals surface area contributed by atoms with Gasteiger partial charge in [-0.2, -0.15) is 5.26 Å². The minimum Gasteiger partial charge on any atom is -0.480 e. The molecule has 1 rings (SSSR count). The van der Waals surface area contributed by atoms with Crippen molar-refractivity contribution in [2.75, 3.05) is 0 Å². The Morgan fingerprint density at radius 3 is 2.62 bits per heavy atom. The van der Waals surface area contributed by atoms with E-state index < -0.39 is 16.9 Å². The molecule has 0 spiro atoms. The number of carboxylic acid groups (broad SMARTS) is 1. The van der Waals surface area contributed by atoms with Gasteiger partial charge in [0, 0.05) is 0 Å². The number of rotatable bonds is 2. The number of nitrogens with zero attached hydrogens (tertiary/aromatic N) is 1. The molecule has 0 heterocycles. The highest BCUT2D eigenvalue weighted by Gasteiger charge is 2.57. The van der Waals surface area contributed by atoms with Crippen molar-refractivity contribution < 1.29 is 9.90 Å². The molecule has 0 aromatic rings. The van der Waals surface area contributed by atoms with Crippen LogP contribution in [0.5, 0.6) is 0 Å². The van der Waals surface area contributed by atoms with Crippen LogP contribution in [0, 0.1) is 16.7 Å². The standard InChI is InChI=1S/C9H14N2O2/c1-2-8(6-10)4-3-5-9(8,11)7(12)13/h2-5,11H2,1H3,(H,12,13). The maximum atomic E-state index is 11.0. The van der Waals surface area contributed by atoms with Crippen LogP contribution in [-0.4, -0.2) is 16.6 Å². The van der Waals surface area contributed by atoms with Gasteiger partial charge in [-0.15, -0.1) is 0 Å². The fourth-order valence-electron chi connectivity index (χ4n) is 2.17. The van der Waals surface area contributed by atoms with Gasteiger partial charge in [0.15, 0.2) is 0 Å². The number of hydrogen-bond donors (Lipinski definition) is 2. The molecule has 13 heavy (non-hydrogen) atoms. The van der Waals surface area contributed by atoms with Crippen molar-refractivity contribution in [1.82, 2.24) is 0 Å². The molecular formula is C9H14N2O2. The van der Waals surface area contributed by atoms with Crippen molar-refractivity contribution in [3.05, 3.63) is 0 Å². The highest BCUT2D eigenvalue weighted by molar-refractivity contribution is 5.81. The molecule has 0 aromatic carbocycles. The highest BCUT2D eigenvalue weighted by atomic mass is 16.4. The third-order valence-corrected chi connectivity index (χ3v) is 3.23. The lowest BCUT2D eigenvalue weighted by Gasteiger charge is -2.33. The van der Waals surface area contributed by atoms with Crippen molar-refractivity contribution in [2.45, 2.75) is 38.1 Å². The summed E-state index contributed by atoms with van der Waals surface area (Å²) in [4.78, 5) is 11.0. The van der Waals surface area contributed by atoms with E-state index in [2.05, 4.69) is 6.07 Å². The number of nitrogens with two attached hydrogens (primary N) is 1. The molecule has 0 amide bonds. The predicted octanol–water partition coefficient (Wildman–Crippen LogP) is 0.872. The summed E-state index contributed by atoms with van der Waals surface area (Å²) in [6, 6.07) is 2.09. The number of hydrogen-bond acceptors (Lipinski definition) is 3. The van der Waals surface area contributed by atoms with Gasteiger partial charge >= 0.3 is 5.97 Å². The second-order valence-electron chi connectivity index (χ2n) is 3.68. The molecule has 4 heteroatoms. The summed E-state index contributed by atoms with van der Waals surface area (Å²) in [5.74, 6) is -1.05. The quantitative estimate of drug-likeness (QED) is 0.663. The lowest BCUT2D eigenvalue weighted by atomic mass is 9.71. The third-order valence-electron chi connectivity index (χ3n) is 3.23. The number of carboxylic acids is 1. The largest absolute Gasteiger partial charge is 0.480 e. The van der Waals surface area contributed by atoms with Crippen molar-refractivity contribution in [1.29, 1.82) is 5.26 Å². The summed E-state index contributed by atoms with van der Waals surface area (Å²) >= 11 is 0. The second kappa shape index (κ2) is 3.00. The topological polar surface area (TPSA) is 87.1 Å². The molecule has 3 N–H and O–H groups in total. The van der Waals surface area contributed by atoms with Crippen LogP contribution in [-0.2, 0) is 4.79 Å². The Hall–Kier alpha value is -1.08. The fourth-order valence-corrected chi connectivity index (χ4v) is 2.17. The van der Waals surface area contributed by atoms with Crippen molar-refractivity contribution in [3.8, 4) is 6.07 Å². The highest BCUT2D eigenvalue weighted by Crippen LogP contribution is 2.47. The van der Waals surface area contributed by atoms with Crippen LogP contribution in [0.2, 0.25) is 0 Å². The van der Waals surface area contributed by atoms with Gasteiger partial charge in [0.2, 0.25) is 0 Å². The summed E-state index contributed by atoms with van der Waals surface area (Å²) in [5.41, 5.74) is 3.58. The molecule has 1 aliphatic carbocycles. The van der Waals surface area contributed by atoms with Crippen LogP contribution >= 0.6 is 0 Å². The van der Waals surface area contributed by atoms with Gasteiger partial charge in [-0.1, -0.05) is 6.92 Å². The first-order valence-corrected chi connectivity index (χ1v) is 4.46. The van der Waals surface area contributed by atoms with Crippen LogP contribution in [0.25, 0.3) is 0 Å². The van der Waals surface area contributed by atoms with Gasteiger partial charge in [-0.25, -0.2) is 0 Å². The SMILES string of the molecule is CCC1(C#N)CCCC1(N)C(=O)O. The molecular weight excluding hydrogens is 168 g/mol. The van der Waals surface area contributed by atoms with E-state index in [4.69, 9.17) is 16.1 Å². The zero-order valence-corrected chi connectivity index (χ0v) is 7.71. The minimum atomic E-state index is -1.34. The van der Waals surface area contributed by atoms with Gasteiger partial charge in [-0.3, -0.25) is 4.79 Å². The molecule has 2 atom stereocenters. The molecule has 1 aliphatic rings. The van der Waals surface area contributed by atoms with Crippen LogP contribution in [0.1, 0.15) is 32.6 Å². The molecule has 0 saturated heterocycles. The Bertz CT molecular complexity index is 271. The van der Waals surface area contributed by atoms with Crippen molar-refractivity contribution in [3.63, 3.8) is 0 Å². The molecule has 0 bridgehead atoms. The lowest BCUT2D eigenvalue weighted by Crippen LogP contribution is -2.57. The molecule has 2 unspecified atom stereocenters. The Kier molecular flexibility index (Phi) is 2.31. The Morgan fingerprint density at radius 2 is 2.31 bits per heavy atom. The minimum absolute atomic E-state index is 0.406. The molecule has 0 aromatic heterocycles. The van der Waals surface area contributed by atoms with Gasteiger partial charge in [0.05, 0.1) is 11.5 Å². The van der Waals surface area contributed by atoms with Crippen LogP contribution in [0.4, 0.5) is 0 Å². The van der Waals surface area contributed by atoms with E-state index in [-0.39, 0.29) is 0 Å². The number of carbonyl (C=O) groups is 1.